The fraction of sp³-hybridized carbons (Fsp3) is 0.316. The molecule has 0 fully saturated rings. The first kappa shape index (κ1) is 16.2. The van der Waals surface area contributed by atoms with Gasteiger partial charge in [0.15, 0.2) is 17.6 Å². The number of fused-ring (bicyclic) bond motifs is 1. The molecule has 3 rings (SSSR count). The summed E-state index contributed by atoms with van der Waals surface area (Å²) < 4.78 is 11.7. The Bertz CT molecular complexity index is 717. The smallest absolute Gasteiger partial charge is 0.254 e. The Morgan fingerprint density at radius 3 is 2.75 bits per heavy atom. The minimum absolute atomic E-state index is 0.0355. The molecule has 0 spiro atoms. The molecule has 1 heterocycles. The zero-order valence-electron chi connectivity index (χ0n) is 13.8. The van der Waals surface area contributed by atoms with Crippen molar-refractivity contribution in [2.45, 2.75) is 19.4 Å². The molecule has 0 aliphatic carbocycles. The Labute approximate surface area is 142 Å². The highest BCUT2D eigenvalue weighted by molar-refractivity contribution is 5.95. The number of anilines is 1. The van der Waals surface area contributed by atoms with Crippen LogP contribution in [-0.4, -0.2) is 36.6 Å². The molecule has 2 aromatic carbocycles. The summed E-state index contributed by atoms with van der Waals surface area (Å²) in [5.41, 5.74) is 6.98. The van der Waals surface area contributed by atoms with Crippen LogP contribution in [-0.2, 0) is 0 Å². The highest BCUT2D eigenvalue weighted by Crippen LogP contribution is 2.31. The summed E-state index contributed by atoms with van der Waals surface area (Å²) in [7, 11) is 0. The van der Waals surface area contributed by atoms with E-state index in [1.54, 1.807) is 29.2 Å². The topological polar surface area (TPSA) is 64.8 Å². The summed E-state index contributed by atoms with van der Waals surface area (Å²) in [6.07, 6.45) is 0.689. The van der Waals surface area contributed by atoms with Crippen LogP contribution < -0.4 is 15.2 Å². The first-order valence-electron chi connectivity index (χ1n) is 8.20. The number of para-hydroxylation sites is 2. The van der Waals surface area contributed by atoms with Crippen LogP contribution >= 0.6 is 0 Å². The highest BCUT2D eigenvalue weighted by Gasteiger charge is 2.25. The number of ether oxygens (including phenoxy) is 2. The fourth-order valence-electron chi connectivity index (χ4n) is 2.80. The van der Waals surface area contributed by atoms with Crippen molar-refractivity contribution in [2.75, 3.05) is 25.4 Å². The standard InChI is InChI=1S/C19H22N2O3/c1-2-10-21(19(22)14-6-5-7-15(20)11-14)12-16-13-23-17-8-3-4-9-18(17)24-16/h3-9,11,16H,2,10,12-13,20H2,1H3. The van der Waals surface area contributed by atoms with Gasteiger partial charge in [-0.15, -0.1) is 0 Å². The summed E-state index contributed by atoms with van der Waals surface area (Å²) in [6, 6.07) is 14.6. The molecule has 1 aliphatic rings. The molecule has 1 amide bonds. The van der Waals surface area contributed by atoms with Crippen molar-refractivity contribution in [3.8, 4) is 11.5 Å². The van der Waals surface area contributed by atoms with E-state index in [0.29, 0.717) is 30.9 Å². The zero-order valence-corrected chi connectivity index (χ0v) is 13.8. The van der Waals surface area contributed by atoms with Gasteiger partial charge in [0.25, 0.3) is 5.91 Å². The number of carbonyl (C=O) groups is 1. The number of hydrogen-bond acceptors (Lipinski definition) is 4. The molecule has 0 saturated heterocycles. The third kappa shape index (κ3) is 3.62. The second kappa shape index (κ2) is 7.25. The van der Waals surface area contributed by atoms with Gasteiger partial charge in [0, 0.05) is 17.8 Å². The lowest BCUT2D eigenvalue weighted by Gasteiger charge is -2.31. The van der Waals surface area contributed by atoms with Gasteiger partial charge >= 0.3 is 0 Å². The van der Waals surface area contributed by atoms with Crippen molar-refractivity contribution in [3.05, 3.63) is 54.1 Å². The Morgan fingerprint density at radius 2 is 2.00 bits per heavy atom. The van der Waals surface area contributed by atoms with Crippen molar-refractivity contribution in [2.24, 2.45) is 0 Å². The predicted octanol–water partition coefficient (Wildman–Crippen LogP) is 2.96. The molecule has 0 bridgehead atoms. The molecule has 5 nitrogen and oxygen atoms in total. The number of carbonyl (C=O) groups excluding carboxylic acids is 1. The Hall–Kier alpha value is -2.69. The second-order valence-electron chi connectivity index (χ2n) is 5.87. The molecule has 0 saturated carbocycles. The van der Waals surface area contributed by atoms with Gasteiger partial charge in [0.2, 0.25) is 0 Å². The van der Waals surface area contributed by atoms with E-state index >= 15 is 0 Å². The molecule has 0 radical (unpaired) electrons. The van der Waals surface area contributed by atoms with Gasteiger partial charge in [-0.1, -0.05) is 25.1 Å². The maximum absolute atomic E-state index is 12.8. The van der Waals surface area contributed by atoms with Gasteiger partial charge in [0.05, 0.1) is 6.54 Å². The number of amides is 1. The van der Waals surface area contributed by atoms with Crippen LogP contribution in [0.1, 0.15) is 23.7 Å². The number of nitrogen functional groups attached to an aromatic ring is 1. The quantitative estimate of drug-likeness (QED) is 0.858. The third-order valence-corrected chi connectivity index (χ3v) is 3.91. The van der Waals surface area contributed by atoms with Gasteiger partial charge in [-0.05, 0) is 36.8 Å². The lowest BCUT2D eigenvalue weighted by molar-refractivity contribution is 0.0462. The monoisotopic (exact) mass is 326 g/mol. The maximum atomic E-state index is 12.8. The number of nitrogens with two attached hydrogens (primary N) is 1. The van der Waals surface area contributed by atoms with E-state index < -0.39 is 0 Å². The van der Waals surface area contributed by atoms with Crippen molar-refractivity contribution in [3.63, 3.8) is 0 Å². The van der Waals surface area contributed by atoms with Crippen LogP contribution in [0, 0.1) is 0 Å². The normalized spacial score (nSPS) is 15.8. The van der Waals surface area contributed by atoms with E-state index in [1.165, 1.54) is 0 Å². The molecular formula is C19H22N2O3. The summed E-state index contributed by atoms with van der Waals surface area (Å²) >= 11 is 0. The van der Waals surface area contributed by atoms with E-state index in [2.05, 4.69) is 0 Å². The van der Waals surface area contributed by atoms with Crippen LogP contribution in [0.5, 0.6) is 11.5 Å². The van der Waals surface area contributed by atoms with Gasteiger partial charge in [-0.25, -0.2) is 0 Å². The minimum Gasteiger partial charge on any atom is -0.486 e. The summed E-state index contributed by atoms with van der Waals surface area (Å²) in [5, 5.41) is 0. The molecule has 5 heteroatoms. The first-order chi connectivity index (χ1) is 11.7. The average Bonchev–Trinajstić information content (AvgIpc) is 2.60. The zero-order chi connectivity index (χ0) is 16.9. The van der Waals surface area contributed by atoms with Crippen LogP contribution in [0.15, 0.2) is 48.5 Å². The van der Waals surface area contributed by atoms with Crippen molar-refractivity contribution < 1.29 is 14.3 Å². The third-order valence-electron chi connectivity index (χ3n) is 3.91. The van der Waals surface area contributed by atoms with Crippen molar-refractivity contribution in [1.29, 1.82) is 0 Å². The Morgan fingerprint density at radius 1 is 1.21 bits per heavy atom. The molecule has 24 heavy (non-hydrogen) atoms. The number of rotatable bonds is 5. The fourth-order valence-corrected chi connectivity index (χ4v) is 2.80. The van der Waals surface area contributed by atoms with Gasteiger partial charge in [0.1, 0.15) is 6.61 Å². The van der Waals surface area contributed by atoms with Crippen LogP contribution in [0.2, 0.25) is 0 Å². The van der Waals surface area contributed by atoms with E-state index in [0.717, 1.165) is 17.9 Å². The largest absolute Gasteiger partial charge is 0.486 e. The Kier molecular flexibility index (Phi) is 4.89. The van der Waals surface area contributed by atoms with E-state index in [4.69, 9.17) is 15.2 Å². The van der Waals surface area contributed by atoms with Crippen LogP contribution in [0.25, 0.3) is 0 Å². The molecule has 1 atom stereocenters. The first-order valence-corrected chi connectivity index (χ1v) is 8.20. The summed E-state index contributed by atoms with van der Waals surface area (Å²) in [6.45, 7) is 3.62. The molecule has 2 N–H and O–H groups in total. The molecule has 0 aromatic heterocycles. The van der Waals surface area contributed by atoms with E-state index in [9.17, 15) is 4.79 Å². The summed E-state index contributed by atoms with van der Waals surface area (Å²) in [5.74, 6) is 1.44. The average molecular weight is 326 g/mol. The number of nitrogens with zero attached hydrogens (tertiary/aromatic N) is 1. The SMILES string of the molecule is CCCN(CC1COc2ccccc2O1)C(=O)c1cccc(N)c1. The van der Waals surface area contributed by atoms with Crippen molar-refractivity contribution >= 4 is 11.6 Å². The number of hydrogen-bond donors (Lipinski definition) is 1. The predicted molar refractivity (Wildman–Crippen MR) is 93.4 cm³/mol. The number of benzene rings is 2. The summed E-state index contributed by atoms with van der Waals surface area (Å²) in [4.78, 5) is 14.6. The molecule has 1 aliphatic heterocycles. The lowest BCUT2D eigenvalue weighted by Crippen LogP contribution is -2.44. The van der Waals surface area contributed by atoms with Gasteiger partial charge < -0.3 is 20.1 Å². The van der Waals surface area contributed by atoms with Crippen LogP contribution in [0.3, 0.4) is 0 Å². The maximum Gasteiger partial charge on any atom is 0.254 e. The molecule has 2 aromatic rings. The van der Waals surface area contributed by atoms with Gasteiger partial charge in [-0.2, -0.15) is 0 Å². The van der Waals surface area contributed by atoms with Crippen molar-refractivity contribution in [1.82, 2.24) is 4.90 Å². The highest BCUT2D eigenvalue weighted by atomic mass is 16.6. The molecule has 126 valence electrons. The lowest BCUT2D eigenvalue weighted by atomic mass is 10.1. The Balaban J connectivity index is 1.71. The molecular weight excluding hydrogens is 304 g/mol. The van der Waals surface area contributed by atoms with E-state index in [1.807, 2.05) is 31.2 Å². The second-order valence-corrected chi connectivity index (χ2v) is 5.87. The molecule has 1 unspecified atom stereocenters. The van der Waals surface area contributed by atoms with E-state index in [-0.39, 0.29) is 12.0 Å². The van der Waals surface area contributed by atoms with Gasteiger partial charge in [-0.3, -0.25) is 4.79 Å². The minimum atomic E-state index is -0.184. The van der Waals surface area contributed by atoms with Crippen LogP contribution in [0.4, 0.5) is 5.69 Å².